The summed E-state index contributed by atoms with van der Waals surface area (Å²) < 4.78 is 13.2. The minimum Gasteiger partial charge on any atom is -0.393 e. The number of nitro groups is 1. The summed E-state index contributed by atoms with van der Waals surface area (Å²) in [6.45, 7) is 4.15. The van der Waals surface area contributed by atoms with E-state index in [1.165, 1.54) is 0 Å². The molecule has 7 heteroatoms. The summed E-state index contributed by atoms with van der Waals surface area (Å²) >= 11 is 0. The molecule has 0 bridgehead atoms. The van der Waals surface area contributed by atoms with E-state index in [0.29, 0.717) is 12.6 Å². The van der Waals surface area contributed by atoms with Crippen molar-refractivity contribution in [2.75, 3.05) is 12.3 Å². The zero-order valence-electron chi connectivity index (χ0n) is 10.1. The van der Waals surface area contributed by atoms with Gasteiger partial charge in [0.15, 0.2) is 0 Å². The highest BCUT2D eigenvalue weighted by atomic mass is 19.1. The number of carbonyl (C=O) groups is 1. The number of rotatable bonds is 4. The smallest absolute Gasteiger partial charge is 0.295 e. The number of amides is 1. The van der Waals surface area contributed by atoms with Crippen LogP contribution in [-0.2, 0) is 0 Å². The Morgan fingerprint density at radius 3 is 2.67 bits per heavy atom. The largest absolute Gasteiger partial charge is 0.393 e. The second-order valence-electron chi connectivity index (χ2n) is 4.25. The third kappa shape index (κ3) is 3.16. The molecule has 0 heterocycles. The monoisotopic (exact) mass is 255 g/mol. The van der Waals surface area contributed by atoms with E-state index >= 15 is 0 Å². The zero-order chi connectivity index (χ0) is 13.9. The number of nitrogens with one attached hydrogen (secondary N) is 1. The Labute approximate surface area is 103 Å². The third-order valence-corrected chi connectivity index (χ3v) is 2.24. The van der Waals surface area contributed by atoms with E-state index in [2.05, 4.69) is 5.32 Å². The Bertz CT molecular complexity index is 489. The molecule has 6 nitrogen and oxygen atoms in total. The van der Waals surface area contributed by atoms with Crippen molar-refractivity contribution < 1.29 is 14.1 Å². The van der Waals surface area contributed by atoms with Crippen molar-refractivity contribution in [3.8, 4) is 0 Å². The molecule has 18 heavy (non-hydrogen) atoms. The number of nitrogens with zero attached hydrogens (tertiary/aromatic N) is 1. The van der Waals surface area contributed by atoms with Gasteiger partial charge in [0.2, 0.25) is 0 Å². The van der Waals surface area contributed by atoms with Crippen LogP contribution < -0.4 is 11.1 Å². The zero-order valence-corrected chi connectivity index (χ0v) is 10.1. The lowest BCUT2D eigenvalue weighted by molar-refractivity contribution is -0.384. The van der Waals surface area contributed by atoms with Gasteiger partial charge in [0, 0.05) is 6.54 Å². The molecule has 1 aromatic rings. The first-order chi connectivity index (χ1) is 8.32. The fourth-order valence-corrected chi connectivity index (χ4v) is 1.33. The van der Waals surface area contributed by atoms with Gasteiger partial charge in [0.1, 0.15) is 11.5 Å². The average Bonchev–Trinajstić information content (AvgIpc) is 2.28. The molecule has 1 amide bonds. The second-order valence-corrected chi connectivity index (χ2v) is 4.25. The predicted octanol–water partition coefficient (Wildman–Crippen LogP) is 1.70. The number of carbonyl (C=O) groups excluding carboxylic acids is 1. The molecule has 1 aromatic carbocycles. The van der Waals surface area contributed by atoms with Gasteiger partial charge in [0.25, 0.3) is 11.6 Å². The van der Waals surface area contributed by atoms with Crippen molar-refractivity contribution in [2.24, 2.45) is 5.92 Å². The van der Waals surface area contributed by atoms with Crippen LogP contribution >= 0.6 is 0 Å². The number of nitrogens with two attached hydrogens (primary N) is 1. The minimum absolute atomic E-state index is 0.207. The summed E-state index contributed by atoms with van der Waals surface area (Å²) in [6.07, 6.45) is 0. The van der Waals surface area contributed by atoms with Crippen LogP contribution in [0.15, 0.2) is 12.1 Å². The number of nitro benzene ring substituents is 1. The van der Waals surface area contributed by atoms with E-state index < -0.39 is 22.3 Å². The molecular formula is C11H14FN3O3. The van der Waals surface area contributed by atoms with E-state index in [1.807, 2.05) is 13.8 Å². The van der Waals surface area contributed by atoms with Crippen LogP contribution in [0.25, 0.3) is 0 Å². The van der Waals surface area contributed by atoms with Gasteiger partial charge in [-0.2, -0.15) is 0 Å². The topological polar surface area (TPSA) is 98.3 Å². The van der Waals surface area contributed by atoms with Gasteiger partial charge < -0.3 is 11.1 Å². The molecule has 3 N–H and O–H groups in total. The van der Waals surface area contributed by atoms with Crippen LogP contribution in [0.4, 0.5) is 15.8 Å². The molecule has 0 aliphatic heterocycles. The maximum atomic E-state index is 13.2. The van der Waals surface area contributed by atoms with E-state index in [1.54, 1.807) is 0 Å². The number of hydrogen-bond donors (Lipinski definition) is 2. The molecule has 1 rings (SSSR count). The van der Waals surface area contributed by atoms with Crippen LogP contribution in [-0.4, -0.2) is 17.4 Å². The quantitative estimate of drug-likeness (QED) is 0.486. The molecule has 0 aliphatic carbocycles. The first-order valence-corrected chi connectivity index (χ1v) is 5.34. The molecule has 0 saturated heterocycles. The van der Waals surface area contributed by atoms with E-state index in [9.17, 15) is 19.3 Å². The number of anilines is 1. The highest BCUT2D eigenvalue weighted by molar-refractivity contribution is 6.01. The molecule has 0 saturated carbocycles. The van der Waals surface area contributed by atoms with Gasteiger partial charge in [-0.1, -0.05) is 13.8 Å². The van der Waals surface area contributed by atoms with Gasteiger partial charge in [0.05, 0.1) is 16.6 Å². The summed E-state index contributed by atoms with van der Waals surface area (Å²) in [6, 6.07) is 1.58. The Morgan fingerprint density at radius 1 is 1.56 bits per heavy atom. The molecule has 0 fully saturated rings. The molecule has 0 atom stereocenters. The summed E-state index contributed by atoms with van der Waals surface area (Å²) in [5.41, 5.74) is 4.33. The highest BCUT2D eigenvalue weighted by Gasteiger charge is 2.21. The molecule has 0 unspecified atom stereocenters. The molecule has 0 spiro atoms. The standard InChI is InChI=1S/C11H14FN3O3/c1-6(2)5-14-11(16)8-3-7(12)4-9(10(8)13)15(17)18/h3-4,6H,5,13H2,1-2H3,(H,14,16). The molecule has 0 radical (unpaired) electrons. The Balaban J connectivity index is 3.09. The lowest BCUT2D eigenvalue weighted by Crippen LogP contribution is -2.28. The molecule has 98 valence electrons. The van der Waals surface area contributed by atoms with Crippen molar-refractivity contribution in [2.45, 2.75) is 13.8 Å². The number of halogens is 1. The Morgan fingerprint density at radius 2 is 2.17 bits per heavy atom. The third-order valence-electron chi connectivity index (χ3n) is 2.24. The van der Waals surface area contributed by atoms with E-state index in [4.69, 9.17) is 5.73 Å². The van der Waals surface area contributed by atoms with Crippen LogP contribution in [0.3, 0.4) is 0 Å². The highest BCUT2D eigenvalue weighted by Crippen LogP contribution is 2.26. The van der Waals surface area contributed by atoms with Gasteiger partial charge in [-0.05, 0) is 12.0 Å². The predicted molar refractivity (Wildman–Crippen MR) is 64.6 cm³/mol. The SMILES string of the molecule is CC(C)CNC(=O)c1cc(F)cc([N+](=O)[O-])c1N. The molecule has 0 aliphatic rings. The molecule has 0 aromatic heterocycles. The molecular weight excluding hydrogens is 241 g/mol. The van der Waals surface area contributed by atoms with Crippen molar-refractivity contribution in [1.29, 1.82) is 0 Å². The second kappa shape index (κ2) is 5.44. The van der Waals surface area contributed by atoms with Crippen molar-refractivity contribution in [1.82, 2.24) is 5.32 Å². The maximum Gasteiger partial charge on any atom is 0.295 e. The lowest BCUT2D eigenvalue weighted by atomic mass is 10.1. The summed E-state index contributed by atoms with van der Waals surface area (Å²) in [4.78, 5) is 21.5. The van der Waals surface area contributed by atoms with Gasteiger partial charge in [-0.25, -0.2) is 4.39 Å². The van der Waals surface area contributed by atoms with Crippen LogP contribution in [0.5, 0.6) is 0 Å². The minimum atomic E-state index is -0.870. The fraction of sp³-hybridized carbons (Fsp3) is 0.364. The normalized spacial score (nSPS) is 10.4. The average molecular weight is 255 g/mol. The summed E-state index contributed by atoms with van der Waals surface area (Å²) in [5.74, 6) is -1.28. The number of hydrogen-bond acceptors (Lipinski definition) is 4. The van der Waals surface area contributed by atoms with Crippen molar-refractivity contribution >= 4 is 17.3 Å². The van der Waals surface area contributed by atoms with Gasteiger partial charge in [-0.15, -0.1) is 0 Å². The summed E-state index contributed by atoms with van der Waals surface area (Å²) in [5, 5.41) is 13.2. The lowest BCUT2D eigenvalue weighted by Gasteiger charge is -2.09. The first-order valence-electron chi connectivity index (χ1n) is 5.34. The number of nitrogen functional groups attached to an aromatic ring is 1. The Hall–Kier alpha value is -2.18. The maximum absolute atomic E-state index is 13.2. The van der Waals surface area contributed by atoms with E-state index in [-0.39, 0.29) is 17.2 Å². The Kier molecular flexibility index (Phi) is 4.19. The van der Waals surface area contributed by atoms with Gasteiger partial charge in [-0.3, -0.25) is 14.9 Å². The van der Waals surface area contributed by atoms with Crippen molar-refractivity contribution in [3.05, 3.63) is 33.6 Å². The first kappa shape index (κ1) is 13.9. The van der Waals surface area contributed by atoms with Gasteiger partial charge >= 0.3 is 0 Å². The van der Waals surface area contributed by atoms with Crippen LogP contribution in [0, 0.1) is 21.8 Å². The van der Waals surface area contributed by atoms with Crippen LogP contribution in [0.2, 0.25) is 0 Å². The van der Waals surface area contributed by atoms with E-state index in [0.717, 1.165) is 6.07 Å². The van der Waals surface area contributed by atoms with Crippen molar-refractivity contribution in [3.63, 3.8) is 0 Å². The van der Waals surface area contributed by atoms with Crippen LogP contribution in [0.1, 0.15) is 24.2 Å². The fourth-order valence-electron chi connectivity index (χ4n) is 1.33. The summed E-state index contributed by atoms with van der Waals surface area (Å²) in [7, 11) is 0. The number of benzene rings is 1.